The first kappa shape index (κ1) is 15.0. The molecular weight excluding hydrogens is 290 g/mol. The average Bonchev–Trinajstić information content (AvgIpc) is 2.91. The minimum absolute atomic E-state index is 0.0279. The Morgan fingerprint density at radius 1 is 1.30 bits per heavy atom. The van der Waals surface area contributed by atoms with E-state index >= 15 is 0 Å². The first-order chi connectivity index (χ1) is 11.2. The summed E-state index contributed by atoms with van der Waals surface area (Å²) in [7, 11) is 0. The average molecular weight is 307 g/mol. The van der Waals surface area contributed by atoms with E-state index in [1.54, 1.807) is 0 Å². The molecule has 1 aromatic carbocycles. The maximum absolute atomic E-state index is 12.5. The highest BCUT2D eigenvalue weighted by Gasteiger charge is 2.32. The van der Waals surface area contributed by atoms with E-state index in [4.69, 9.17) is 5.26 Å². The Morgan fingerprint density at radius 2 is 2.04 bits per heavy atom. The molecule has 1 unspecified atom stereocenters. The molecule has 0 spiro atoms. The number of carbonyl (C=O) groups excluding carboxylic acids is 1. The van der Waals surface area contributed by atoms with Crippen LogP contribution in [0.1, 0.15) is 23.2 Å². The van der Waals surface area contributed by atoms with Gasteiger partial charge in [0.25, 0.3) is 0 Å². The highest BCUT2D eigenvalue weighted by Crippen LogP contribution is 2.19. The molecule has 1 N–H and O–H groups in total. The fourth-order valence-electron chi connectivity index (χ4n) is 2.63. The second-order valence-electron chi connectivity index (χ2n) is 5.60. The van der Waals surface area contributed by atoms with Crippen molar-refractivity contribution in [3.8, 4) is 6.07 Å². The molecule has 3 rings (SSSR count). The molecule has 0 aliphatic carbocycles. The van der Waals surface area contributed by atoms with Crippen LogP contribution in [0, 0.1) is 18.3 Å². The monoisotopic (exact) mass is 307 g/mol. The maximum atomic E-state index is 12.5. The van der Waals surface area contributed by atoms with Gasteiger partial charge in [0.15, 0.2) is 11.5 Å². The molecule has 0 bridgehead atoms. The van der Waals surface area contributed by atoms with E-state index in [9.17, 15) is 4.79 Å². The molecule has 23 heavy (non-hydrogen) atoms. The minimum atomic E-state index is -0.357. The Morgan fingerprint density at radius 3 is 2.78 bits per heavy atom. The van der Waals surface area contributed by atoms with Gasteiger partial charge < -0.3 is 10.2 Å². The van der Waals surface area contributed by atoms with Crippen molar-refractivity contribution in [2.45, 2.75) is 25.9 Å². The molecule has 1 aliphatic rings. The summed E-state index contributed by atoms with van der Waals surface area (Å²) in [6.45, 7) is 3.33. The van der Waals surface area contributed by atoms with E-state index in [0.717, 1.165) is 5.56 Å². The Kier molecular flexibility index (Phi) is 4.20. The van der Waals surface area contributed by atoms with Gasteiger partial charge in [-0.05, 0) is 18.9 Å². The van der Waals surface area contributed by atoms with Gasteiger partial charge in [-0.15, -0.1) is 0 Å². The number of nitrogens with one attached hydrogen (secondary N) is 1. The third kappa shape index (κ3) is 3.29. The number of benzene rings is 1. The summed E-state index contributed by atoms with van der Waals surface area (Å²) in [6.07, 6.45) is 3.66. The summed E-state index contributed by atoms with van der Waals surface area (Å²) in [4.78, 5) is 22.4. The zero-order chi connectivity index (χ0) is 16.2. The van der Waals surface area contributed by atoms with Crippen LogP contribution in [0.5, 0.6) is 0 Å². The standard InChI is InChI=1S/C17H17N5O/c1-12-2-4-13(5-3-12)11-22-9-6-14(17(22)23)21-16-15(10-18)19-7-8-20-16/h2-5,7-8,14H,6,9,11H2,1H3,(H,20,21). The summed E-state index contributed by atoms with van der Waals surface area (Å²) in [5.74, 6) is 0.394. The minimum Gasteiger partial charge on any atom is -0.356 e. The summed E-state index contributed by atoms with van der Waals surface area (Å²) >= 11 is 0. The number of anilines is 1. The molecule has 1 aromatic heterocycles. The molecule has 1 aliphatic heterocycles. The molecule has 1 fully saturated rings. The number of rotatable bonds is 4. The number of nitriles is 1. The molecular formula is C17H17N5O. The van der Waals surface area contributed by atoms with Gasteiger partial charge in [-0.3, -0.25) is 4.79 Å². The van der Waals surface area contributed by atoms with Crippen LogP contribution in [0.25, 0.3) is 0 Å². The van der Waals surface area contributed by atoms with E-state index in [1.807, 2.05) is 42.2 Å². The van der Waals surface area contributed by atoms with Crippen LogP contribution < -0.4 is 5.32 Å². The van der Waals surface area contributed by atoms with Crippen molar-refractivity contribution in [2.75, 3.05) is 11.9 Å². The lowest BCUT2D eigenvalue weighted by Crippen LogP contribution is -2.33. The Hall–Kier alpha value is -2.94. The molecule has 2 aromatic rings. The van der Waals surface area contributed by atoms with Crippen molar-refractivity contribution in [1.29, 1.82) is 5.26 Å². The second kappa shape index (κ2) is 6.44. The quantitative estimate of drug-likeness (QED) is 0.932. The van der Waals surface area contributed by atoms with Gasteiger partial charge in [0, 0.05) is 25.5 Å². The van der Waals surface area contributed by atoms with E-state index in [-0.39, 0.29) is 17.6 Å². The zero-order valence-corrected chi connectivity index (χ0v) is 12.9. The number of amides is 1. The molecule has 0 saturated carbocycles. The predicted molar refractivity (Wildman–Crippen MR) is 85.4 cm³/mol. The molecule has 0 radical (unpaired) electrons. The number of hydrogen-bond acceptors (Lipinski definition) is 5. The van der Waals surface area contributed by atoms with Crippen molar-refractivity contribution in [1.82, 2.24) is 14.9 Å². The molecule has 6 heteroatoms. The zero-order valence-electron chi connectivity index (χ0n) is 12.9. The third-order valence-corrected chi connectivity index (χ3v) is 3.91. The predicted octanol–water partition coefficient (Wildman–Crippen LogP) is 1.87. The van der Waals surface area contributed by atoms with Gasteiger partial charge in [-0.25, -0.2) is 9.97 Å². The SMILES string of the molecule is Cc1ccc(CN2CCC(Nc3nccnc3C#N)C2=O)cc1. The Labute approximate surface area is 134 Å². The van der Waals surface area contributed by atoms with Crippen molar-refractivity contribution in [3.05, 3.63) is 53.5 Å². The largest absolute Gasteiger partial charge is 0.356 e. The van der Waals surface area contributed by atoms with Gasteiger partial charge in [-0.2, -0.15) is 5.26 Å². The van der Waals surface area contributed by atoms with E-state index in [2.05, 4.69) is 15.3 Å². The van der Waals surface area contributed by atoms with Crippen molar-refractivity contribution < 1.29 is 4.79 Å². The number of aromatic nitrogens is 2. The highest BCUT2D eigenvalue weighted by atomic mass is 16.2. The lowest BCUT2D eigenvalue weighted by molar-refractivity contribution is -0.128. The number of carbonyl (C=O) groups is 1. The van der Waals surface area contributed by atoms with Crippen LogP contribution in [0.3, 0.4) is 0 Å². The van der Waals surface area contributed by atoms with Crippen molar-refractivity contribution in [2.24, 2.45) is 0 Å². The summed E-state index contributed by atoms with van der Waals surface area (Å²) in [5.41, 5.74) is 2.52. The second-order valence-corrected chi connectivity index (χ2v) is 5.60. The van der Waals surface area contributed by atoms with Crippen LogP contribution in [-0.2, 0) is 11.3 Å². The lowest BCUT2D eigenvalue weighted by atomic mass is 10.1. The fraction of sp³-hybridized carbons (Fsp3) is 0.294. The van der Waals surface area contributed by atoms with E-state index < -0.39 is 0 Å². The van der Waals surface area contributed by atoms with Gasteiger partial charge in [-0.1, -0.05) is 29.8 Å². The first-order valence-corrected chi connectivity index (χ1v) is 7.49. The third-order valence-electron chi connectivity index (χ3n) is 3.91. The van der Waals surface area contributed by atoms with E-state index in [0.29, 0.717) is 25.3 Å². The maximum Gasteiger partial charge on any atom is 0.245 e. The molecule has 2 heterocycles. The first-order valence-electron chi connectivity index (χ1n) is 7.49. The smallest absolute Gasteiger partial charge is 0.245 e. The summed E-state index contributed by atoms with van der Waals surface area (Å²) < 4.78 is 0. The lowest BCUT2D eigenvalue weighted by Gasteiger charge is -2.17. The van der Waals surface area contributed by atoms with Crippen molar-refractivity contribution >= 4 is 11.7 Å². The Balaban J connectivity index is 1.67. The molecule has 116 valence electrons. The van der Waals surface area contributed by atoms with Gasteiger partial charge in [0.2, 0.25) is 5.91 Å². The number of aryl methyl sites for hydroxylation is 1. The van der Waals surface area contributed by atoms with Crippen LogP contribution in [0.15, 0.2) is 36.7 Å². The Bertz CT molecular complexity index is 750. The molecule has 1 atom stereocenters. The number of nitrogens with zero attached hydrogens (tertiary/aromatic N) is 4. The molecule has 1 amide bonds. The van der Waals surface area contributed by atoms with Gasteiger partial charge in [0.1, 0.15) is 12.1 Å². The van der Waals surface area contributed by atoms with Crippen LogP contribution in [-0.4, -0.2) is 33.4 Å². The van der Waals surface area contributed by atoms with Gasteiger partial charge >= 0.3 is 0 Å². The summed E-state index contributed by atoms with van der Waals surface area (Å²) in [6, 6.07) is 9.80. The number of hydrogen-bond donors (Lipinski definition) is 1. The number of likely N-dealkylation sites (tertiary alicyclic amines) is 1. The normalized spacial score (nSPS) is 17.1. The van der Waals surface area contributed by atoms with Gasteiger partial charge in [0.05, 0.1) is 0 Å². The van der Waals surface area contributed by atoms with E-state index in [1.165, 1.54) is 18.0 Å². The highest BCUT2D eigenvalue weighted by molar-refractivity contribution is 5.86. The van der Waals surface area contributed by atoms with Crippen LogP contribution in [0.4, 0.5) is 5.82 Å². The summed E-state index contributed by atoms with van der Waals surface area (Å²) in [5, 5.41) is 12.1. The fourth-order valence-corrected chi connectivity index (χ4v) is 2.63. The molecule has 6 nitrogen and oxygen atoms in total. The van der Waals surface area contributed by atoms with Crippen molar-refractivity contribution in [3.63, 3.8) is 0 Å². The molecule has 1 saturated heterocycles. The van der Waals surface area contributed by atoms with Crippen LogP contribution in [0.2, 0.25) is 0 Å². The van der Waals surface area contributed by atoms with Crippen LogP contribution >= 0.6 is 0 Å². The topological polar surface area (TPSA) is 81.9 Å².